The number of hydrogen-bond acceptors (Lipinski definition) is 6. The molecule has 3 aliphatic heterocycles. The first-order valence-electron chi connectivity index (χ1n) is 28.3. The van der Waals surface area contributed by atoms with Crippen molar-refractivity contribution in [3.63, 3.8) is 0 Å². The number of aryl methyl sites for hydroxylation is 1. The number of rotatable bonds is 6. The first-order valence-corrected chi connectivity index (χ1v) is 28.3. The zero-order valence-electron chi connectivity index (χ0n) is 46.7. The molecular weight excluding hydrogens is 978 g/mol. The van der Waals surface area contributed by atoms with Gasteiger partial charge in [0.1, 0.15) is 11.2 Å². The topological polar surface area (TPSA) is 41.3 Å². The Balaban J connectivity index is 1.13. The van der Waals surface area contributed by atoms with Gasteiger partial charge in [0.15, 0.2) is 23.0 Å². The molecule has 0 radical (unpaired) electrons. The van der Waals surface area contributed by atoms with E-state index in [1.54, 1.807) is 0 Å². The number of fused-ring (bicyclic) bond motifs is 11. The van der Waals surface area contributed by atoms with E-state index in [4.69, 9.17) is 13.9 Å². The van der Waals surface area contributed by atoms with Crippen LogP contribution in [0.1, 0.15) is 83.6 Å². The predicted octanol–water partition coefficient (Wildman–Crippen LogP) is 19.3. The Morgan fingerprint density at radius 3 is 1.77 bits per heavy atom. The van der Waals surface area contributed by atoms with E-state index in [0.29, 0.717) is 23.0 Å². The van der Waals surface area contributed by atoms with Crippen LogP contribution in [0.15, 0.2) is 211 Å². The summed E-state index contributed by atoms with van der Waals surface area (Å²) in [6.45, 7) is 18.6. The molecule has 11 aromatic rings. The zero-order valence-corrected chi connectivity index (χ0v) is 46.7. The van der Waals surface area contributed by atoms with Crippen molar-refractivity contribution in [3.05, 3.63) is 229 Å². The highest BCUT2D eigenvalue weighted by atomic mass is 16.6. The van der Waals surface area contributed by atoms with Gasteiger partial charge in [0.05, 0.1) is 5.39 Å². The van der Waals surface area contributed by atoms with Crippen LogP contribution in [0.25, 0.3) is 44.2 Å². The number of para-hydroxylation sites is 5. The van der Waals surface area contributed by atoms with E-state index in [1.165, 1.54) is 27.7 Å². The molecule has 0 unspecified atom stereocenters. The highest BCUT2D eigenvalue weighted by Crippen LogP contribution is 2.57. The van der Waals surface area contributed by atoms with E-state index < -0.39 is 6.85 Å². The van der Waals surface area contributed by atoms with E-state index in [2.05, 4.69) is 252 Å². The highest BCUT2D eigenvalue weighted by molar-refractivity contribution is 6.94. The van der Waals surface area contributed by atoms with Crippen molar-refractivity contribution in [3.8, 4) is 45.3 Å². The molecule has 0 saturated heterocycles. The van der Waals surface area contributed by atoms with Crippen LogP contribution in [0.4, 0.5) is 45.5 Å². The second-order valence-corrected chi connectivity index (χ2v) is 24.8. The van der Waals surface area contributed by atoms with E-state index in [9.17, 15) is 0 Å². The molecule has 80 heavy (non-hydrogen) atoms. The Morgan fingerprint density at radius 1 is 0.487 bits per heavy atom. The standard InChI is InChI=1S/C73H62BN3O3/c1-45-38-55-56(73(7,8)37-36-72(55,5)6)42-59(45)76-60-44-67-66(79-63-30-20-21-31-64(63)80-67)43-57(60)74-69-54(40-50(41-61(69)76)75(48-24-14-10-15-25-48)49-26-16-11-17-27-49)51-33-35-65-68(52-28-18-19-29-62(52)78-65)70(51)77(74)58-34-32-47(71(2,3)4)39-53(58)46-22-12-9-13-23-46/h9-35,38-44H,36-37H2,1-8H3. The van der Waals surface area contributed by atoms with Crippen molar-refractivity contribution >= 4 is 85.2 Å². The summed E-state index contributed by atoms with van der Waals surface area (Å²) in [6.07, 6.45) is 2.23. The average Bonchev–Trinajstić information content (AvgIpc) is 4.01. The van der Waals surface area contributed by atoms with Gasteiger partial charge in [-0.15, -0.1) is 0 Å². The Kier molecular flexibility index (Phi) is 10.6. The summed E-state index contributed by atoms with van der Waals surface area (Å²) in [7, 11) is 0. The van der Waals surface area contributed by atoms with Gasteiger partial charge in [-0.25, -0.2) is 0 Å². The molecule has 1 aliphatic carbocycles. The minimum atomic E-state index is -0.392. The van der Waals surface area contributed by atoms with Crippen molar-refractivity contribution in [2.75, 3.05) is 14.6 Å². The van der Waals surface area contributed by atoms with E-state index in [1.807, 2.05) is 24.3 Å². The maximum atomic E-state index is 7.00. The molecule has 6 nitrogen and oxygen atoms in total. The van der Waals surface area contributed by atoms with Gasteiger partial charge in [0, 0.05) is 68.1 Å². The molecule has 0 amide bonds. The van der Waals surface area contributed by atoms with Crippen LogP contribution < -0.4 is 35.0 Å². The SMILES string of the molecule is Cc1cc2c(cc1N1c3cc4c(cc3B3c5c(cc(N(c6ccccc6)c6ccccc6)cc51)-c1ccc5oc6ccccc6c5c1N3c1ccc(C(C)(C)C)cc1-c1ccccc1)Oc1ccccc1O4)C(C)(C)CCC2(C)C. The molecule has 10 aromatic carbocycles. The van der Waals surface area contributed by atoms with Crippen LogP contribution in [-0.2, 0) is 16.2 Å². The summed E-state index contributed by atoms with van der Waals surface area (Å²) >= 11 is 0. The first-order chi connectivity index (χ1) is 38.7. The second kappa shape index (κ2) is 17.5. The van der Waals surface area contributed by atoms with Crippen molar-refractivity contribution in [1.29, 1.82) is 0 Å². The number of furan rings is 1. The molecule has 0 spiro atoms. The highest BCUT2D eigenvalue weighted by Gasteiger charge is 2.49. The monoisotopic (exact) mass is 1040 g/mol. The van der Waals surface area contributed by atoms with Gasteiger partial charge in [0.25, 0.3) is 0 Å². The lowest BCUT2D eigenvalue weighted by atomic mass is 9.43. The number of benzene rings is 10. The van der Waals surface area contributed by atoms with Crippen LogP contribution >= 0.6 is 0 Å². The molecule has 0 bridgehead atoms. The van der Waals surface area contributed by atoms with Gasteiger partial charge in [-0.3, -0.25) is 0 Å². The molecule has 0 saturated carbocycles. The molecule has 15 rings (SSSR count). The van der Waals surface area contributed by atoms with Crippen LogP contribution in [-0.4, -0.2) is 6.85 Å². The fourth-order valence-corrected chi connectivity index (χ4v) is 13.5. The molecular formula is C73H62BN3O3. The van der Waals surface area contributed by atoms with E-state index >= 15 is 0 Å². The summed E-state index contributed by atoms with van der Waals surface area (Å²) in [4.78, 5) is 7.66. The van der Waals surface area contributed by atoms with Crippen molar-refractivity contribution in [1.82, 2.24) is 0 Å². The minimum absolute atomic E-state index is 0.0213. The lowest BCUT2D eigenvalue weighted by Crippen LogP contribution is -2.61. The Labute approximate surface area is 469 Å². The van der Waals surface area contributed by atoms with Gasteiger partial charge in [0.2, 0.25) is 0 Å². The lowest BCUT2D eigenvalue weighted by molar-refractivity contribution is 0.332. The fraction of sp³-hybridized carbons (Fsp3) is 0.178. The van der Waals surface area contributed by atoms with Crippen LogP contribution in [0.3, 0.4) is 0 Å². The lowest BCUT2D eigenvalue weighted by Gasteiger charge is -2.48. The number of hydrogen-bond donors (Lipinski definition) is 0. The molecule has 4 aliphatic rings. The van der Waals surface area contributed by atoms with Gasteiger partial charge in [-0.2, -0.15) is 0 Å². The molecule has 0 N–H and O–H groups in total. The maximum Gasteiger partial charge on any atom is 0.333 e. The minimum Gasteiger partial charge on any atom is -0.456 e. The van der Waals surface area contributed by atoms with Gasteiger partial charge < -0.3 is 28.5 Å². The Hall–Kier alpha value is -8.94. The van der Waals surface area contributed by atoms with E-state index in [0.717, 1.165) is 108 Å². The van der Waals surface area contributed by atoms with Gasteiger partial charge >= 0.3 is 6.85 Å². The number of nitrogens with zero attached hydrogens (tertiary/aromatic N) is 3. The summed E-state index contributed by atoms with van der Waals surface area (Å²) < 4.78 is 20.9. The third-order valence-corrected chi connectivity index (χ3v) is 17.8. The Morgan fingerprint density at radius 2 is 1.10 bits per heavy atom. The Bertz CT molecular complexity index is 4290. The van der Waals surface area contributed by atoms with Crippen LogP contribution in [0.2, 0.25) is 0 Å². The van der Waals surface area contributed by atoms with E-state index in [-0.39, 0.29) is 16.2 Å². The summed E-state index contributed by atoms with van der Waals surface area (Å²) in [5, 5.41) is 2.14. The van der Waals surface area contributed by atoms with Gasteiger partial charge in [-0.05, 0) is 171 Å². The van der Waals surface area contributed by atoms with Crippen LogP contribution in [0, 0.1) is 6.92 Å². The fourth-order valence-electron chi connectivity index (χ4n) is 13.5. The van der Waals surface area contributed by atoms with Crippen LogP contribution in [0.5, 0.6) is 23.0 Å². The predicted molar refractivity (Wildman–Crippen MR) is 333 cm³/mol. The average molecular weight is 1040 g/mol. The van der Waals surface area contributed by atoms with Gasteiger partial charge in [-0.1, -0.05) is 158 Å². The molecule has 0 fully saturated rings. The first kappa shape index (κ1) is 48.2. The van der Waals surface area contributed by atoms with Crippen molar-refractivity contribution < 1.29 is 13.9 Å². The largest absolute Gasteiger partial charge is 0.456 e. The normalized spacial score (nSPS) is 15.2. The summed E-state index contributed by atoms with van der Waals surface area (Å²) in [6, 6.07) is 75.3. The molecule has 390 valence electrons. The third-order valence-electron chi connectivity index (χ3n) is 17.8. The third kappa shape index (κ3) is 7.39. The van der Waals surface area contributed by atoms with Crippen molar-refractivity contribution in [2.45, 2.75) is 84.5 Å². The van der Waals surface area contributed by atoms with Crippen molar-refractivity contribution in [2.24, 2.45) is 0 Å². The molecule has 0 atom stereocenters. The molecule has 7 heteroatoms. The zero-order chi connectivity index (χ0) is 54.4. The molecule has 1 aromatic heterocycles. The molecule has 4 heterocycles. The number of ether oxygens (including phenoxy) is 2. The second-order valence-electron chi connectivity index (χ2n) is 24.8. The summed E-state index contributed by atoms with van der Waals surface area (Å²) in [5.41, 5.74) is 22.4. The quantitative estimate of drug-likeness (QED) is 0.155. The summed E-state index contributed by atoms with van der Waals surface area (Å²) in [5.74, 6) is 2.73. The smallest absolute Gasteiger partial charge is 0.333 e. The maximum absolute atomic E-state index is 7.00. The number of anilines is 8.